The van der Waals surface area contributed by atoms with E-state index in [1.54, 1.807) is 54.6 Å². The van der Waals surface area contributed by atoms with E-state index in [4.69, 9.17) is 11.6 Å². The summed E-state index contributed by atoms with van der Waals surface area (Å²) in [6, 6.07) is 27.6. The molecule has 0 aliphatic rings. The van der Waals surface area contributed by atoms with Gasteiger partial charge in [-0.1, -0.05) is 90.8 Å². The zero-order chi connectivity index (χ0) is 33.4. The van der Waals surface area contributed by atoms with Gasteiger partial charge < -0.3 is 10.2 Å². The van der Waals surface area contributed by atoms with Crippen LogP contribution in [0.1, 0.15) is 48.1 Å². The largest absolute Gasteiger partial charge is 0.352 e. The molecule has 0 saturated heterocycles. The molecule has 0 aromatic heterocycles. The Hall–Kier alpha value is -4.14. The first-order chi connectivity index (χ1) is 21.9. The van der Waals surface area contributed by atoms with Gasteiger partial charge in [0.1, 0.15) is 12.6 Å². The SMILES string of the molecule is CC[C@H](C)NC(=O)[C@H](Cc1ccccc1)N(Cc1ccc(Cl)cc1)C(=O)CN(c1cc(C)ccc1C)S(=O)(=O)c1ccc(C)cc1. The van der Waals surface area contributed by atoms with Crippen molar-refractivity contribution in [3.05, 3.63) is 130 Å². The summed E-state index contributed by atoms with van der Waals surface area (Å²) in [5.74, 6) is -0.813. The predicted octanol–water partition coefficient (Wildman–Crippen LogP) is 7.02. The molecule has 0 saturated carbocycles. The zero-order valence-electron chi connectivity index (χ0n) is 27.0. The third-order valence-electron chi connectivity index (χ3n) is 8.06. The van der Waals surface area contributed by atoms with Crippen LogP contribution in [0.3, 0.4) is 0 Å². The number of carbonyl (C=O) groups excluding carboxylic acids is 2. The summed E-state index contributed by atoms with van der Waals surface area (Å²) in [7, 11) is -4.18. The molecule has 242 valence electrons. The topological polar surface area (TPSA) is 86.8 Å². The van der Waals surface area contributed by atoms with Crippen LogP contribution >= 0.6 is 11.6 Å². The van der Waals surface area contributed by atoms with E-state index < -0.39 is 28.5 Å². The van der Waals surface area contributed by atoms with E-state index in [9.17, 15) is 18.0 Å². The second-order valence-corrected chi connectivity index (χ2v) is 14.1. The number of sulfonamides is 1. The van der Waals surface area contributed by atoms with E-state index in [0.29, 0.717) is 22.7 Å². The Bertz CT molecular complexity index is 1740. The van der Waals surface area contributed by atoms with Crippen molar-refractivity contribution in [1.82, 2.24) is 10.2 Å². The van der Waals surface area contributed by atoms with Gasteiger partial charge in [0.2, 0.25) is 11.8 Å². The molecule has 0 heterocycles. The molecule has 0 aliphatic heterocycles. The summed E-state index contributed by atoms with van der Waals surface area (Å²) in [6.45, 7) is 9.05. The number of rotatable bonds is 13. The van der Waals surface area contributed by atoms with Crippen LogP contribution in [-0.4, -0.2) is 43.8 Å². The van der Waals surface area contributed by atoms with Gasteiger partial charge in [-0.15, -0.1) is 0 Å². The van der Waals surface area contributed by atoms with Crippen LogP contribution in [0.5, 0.6) is 0 Å². The lowest BCUT2D eigenvalue weighted by Gasteiger charge is -2.34. The highest BCUT2D eigenvalue weighted by atomic mass is 35.5. The molecule has 4 aromatic rings. The van der Waals surface area contributed by atoms with E-state index in [1.807, 2.05) is 77.1 Å². The maximum Gasteiger partial charge on any atom is 0.264 e. The van der Waals surface area contributed by atoms with E-state index >= 15 is 0 Å². The summed E-state index contributed by atoms with van der Waals surface area (Å²) < 4.78 is 29.8. The van der Waals surface area contributed by atoms with Crippen molar-refractivity contribution in [1.29, 1.82) is 0 Å². The highest BCUT2D eigenvalue weighted by Crippen LogP contribution is 2.29. The number of hydrogen-bond donors (Lipinski definition) is 1. The number of nitrogens with zero attached hydrogens (tertiary/aromatic N) is 2. The maximum absolute atomic E-state index is 14.6. The molecule has 46 heavy (non-hydrogen) atoms. The van der Waals surface area contributed by atoms with Crippen molar-refractivity contribution in [3.8, 4) is 0 Å². The minimum Gasteiger partial charge on any atom is -0.352 e. The molecule has 7 nitrogen and oxygen atoms in total. The molecule has 0 radical (unpaired) electrons. The fourth-order valence-corrected chi connectivity index (χ4v) is 6.72. The molecule has 4 aromatic carbocycles. The highest BCUT2D eigenvalue weighted by Gasteiger charge is 2.35. The number of halogens is 1. The number of benzene rings is 4. The van der Waals surface area contributed by atoms with Crippen molar-refractivity contribution in [2.45, 2.75) is 71.0 Å². The molecular weight excluding hydrogens is 618 g/mol. The summed E-state index contributed by atoms with van der Waals surface area (Å²) >= 11 is 6.17. The second kappa shape index (κ2) is 15.4. The van der Waals surface area contributed by atoms with Crippen molar-refractivity contribution >= 4 is 39.1 Å². The van der Waals surface area contributed by atoms with Crippen LogP contribution < -0.4 is 9.62 Å². The van der Waals surface area contributed by atoms with Crippen molar-refractivity contribution in [2.24, 2.45) is 0 Å². The molecule has 2 amide bonds. The Morgan fingerprint density at radius 2 is 1.46 bits per heavy atom. The first kappa shape index (κ1) is 34.7. The van der Waals surface area contributed by atoms with Gasteiger partial charge in [-0.2, -0.15) is 0 Å². The number of hydrogen-bond acceptors (Lipinski definition) is 4. The molecule has 1 N–H and O–H groups in total. The quantitative estimate of drug-likeness (QED) is 0.167. The second-order valence-electron chi connectivity index (χ2n) is 11.8. The third-order valence-corrected chi connectivity index (χ3v) is 10.1. The van der Waals surface area contributed by atoms with Crippen molar-refractivity contribution < 1.29 is 18.0 Å². The fourth-order valence-electron chi connectivity index (χ4n) is 5.12. The van der Waals surface area contributed by atoms with Crippen LogP contribution in [0.25, 0.3) is 0 Å². The molecule has 2 atom stereocenters. The first-order valence-corrected chi connectivity index (χ1v) is 17.3. The minimum atomic E-state index is -4.18. The van der Waals surface area contributed by atoms with Gasteiger partial charge >= 0.3 is 0 Å². The Kier molecular flexibility index (Phi) is 11.7. The lowest BCUT2D eigenvalue weighted by Crippen LogP contribution is -2.54. The molecule has 0 bridgehead atoms. The van der Waals surface area contributed by atoms with Crippen molar-refractivity contribution in [3.63, 3.8) is 0 Å². The molecular formula is C37H42ClN3O4S. The summed E-state index contributed by atoms with van der Waals surface area (Å²) in [4.78, 5) is 30.2. The zero-order valence-corrected chi connectivity index (χ0v) is 28.6. The predicted molar refractivity (Wildman–Crippen MR) is 185 cm³/mol. The number of carbonyl (C=O) groups is 2. The molecule has 4 rings (SSSR count). The van der Waals surface area contributed by atoms with Crippen LogP contribution in [0.4, 0.5) is 5.69 Å². The monoisotopic (exact) mass is 659 g/mol. The van der Waals surface area contributed by atoms with E-state index in [0.717, 1.165) is 22.3 Å². The van der Waals surface area contributed by atoms with Gasteiger partial charge in [-0.25, -0.2) is 8.42 Å². The molecule has 0 unspecified atom stereocenters. The smallest absolute Gasteiger partial charge is 0.264 e. The van der Waals surface area contributed by atoms with Crippen molar-refractivity contribution in [2.75, 3.05) is 10.8 Å². The van der Waals surface area contributed by atoms with Gasteiger partial charge in [-0.3, -0.25) is 13.9 Å². The Balaban J connectivity index is 1.83. The fraction of sp³-hybridized carbons (Fsp3) is 0.297. The molecule has 0 fully saturated rings. The maximum atomic E-state index is 14.6. The van der Waals surface area contributed by atoms with Crippen LogP contribution in [0, 0.1) is 20.8 Å². The minimum absolute atomic E-state index is 0.0754. The van der Waals surface area contributed by atoms with E-state index in [-0.39, 0.29) is 29.8 Å². The first-order valence-electron chi connectivity index (χ1n) is 15.4. The number of aryl methyl sites for hydroxylation is 3. The van der Waals surface area contributed by atoms with Gasteiger partial charge in [0.05, 0.1) is 10.6 Å². The number of nitrogens with one attached hydrogen (secondary N) is 1. The van der Waals surface area contributed by atoms with E-state index in [1.165, 1.54) is 9.21 Å². The van der Waals surface area contributed by atoms with Gasteiger partial charge in [0, 0.05) is 24.0 Å². The molecule has 9 heteroatoms. The number of anilines is 1. The van der Waals surface area contributed by atoms with Gasteiger partial charge in [-0.05, 0) is 86.7 Å². The summed E-state index contributed by atoms with van der Waals surface area (Å²) in [6.07, 6.45) is 0.959. The third kappa shape index (κ3) is 8.77. The Morgan fingerprint density at radius 3 is 2.09 bits per heavy atom. The summed E-state index contributed by atoms with van der Waals surface area (Å²) in [5.41, 5.74) is 4.51. The number of amides is 2. The summed E-state index contributed by atoms with van der Waals surface area (Å²) in [5, 5.41) is 3.60. The molecule has 0 aliphatic carbocycles. The average Bonchev–Trinajstić information content (AvgIpc) is 3.04. The average molecular weight is 660 g/mol. The normalized spacial score (nSPS) is 12.7. The Labute approximate surface area is 278 Å². The lowest BCUT2D eigenvalue weighted by atomic mass is 10.0. The molecule has 0 spiro atoms. The lowest BCUT2D eigenvalue weighted by molar-refractivity contribution is -0.140. The van der Waals surface area contributed by atoms with Crippen LogP contribution in [0.15, 0.2) is 102 Å². The van der Waals surface area contributed by atoms with Gasteiger partial charge in [0.15, 0.2) is 0 Å². The van der Waals surface area contributed by atoms with Crippen LogP contribution in [-0.2, 0) is 32.6 Å². The van der Waals surface area contributed by atoms with E-state index in [2.05, 4.69) is 5.32 Å². The highest BCUT2D eigenvalue weighted by molar-refractivity contribution is 7.92. The van der Waals surface area contributed by atoms with Crippen LogP contribution in [0.2, 0.25) is 5.02 Å². The standard InChI is InChI=1S/C37H42ClN3O4S/c1-6-29(5)39-37(43)35(23-30-10-8-7-9-11-30)40(24-31-16-18-32(38)19-17-31)36(42)25-41(34-22-27(3)12-15-28(34)4)46(44,45)33-20-13-26(2)14-21-33/h7-22,29,35H,6,23-25H2,1-5H3,(H,39,43)/t29-,35-/m0/s1. The van der Waals surface area contributed by atoms with Gasteiger partial charge in [0.25, 0.3) is 10.0 Å². The Morgan fingerprint density at radius 1 is 0.826 bits per heavy atom.